The maximum absolute atomic E-state index is 14.4. The summed E-state index contributed by atoms with van der Waals surface area (Å²) in [5.74, 6) is -1.26. The normalized spacial score (nSPS) is 26.7. The Kier molecular flexibility index (Phi) is 5.69. The van der Waals surface area contributed by atoms with Crippen LogP contribution in [0.5, 0.6) is 0 Å². The number of para-hydroxylation sites is 2. The van der Waals surface area contributed by atoms with Crippen LogP contribution in [0, 0.1) is 11.8 Å². The molecule has 0 saturated carbocycles. The Hall–Kier alpha value is -3.42. The Morgan fingerprint density at radius 1 is 0.861 bits per heavy atom. The fourth-order valence-electron chi connectivity index (χ4n) is 6.19. The number of hydrogen-bond donors (Lipinski definition) is 1. The standard InChI is InChI=1S/C29H27N3O3S/c1-36-17-16-22-24-25(27(34)32(26(24)33)20-12-6-3-7-13-20)29(30-22)21-14-8-9-15-23(21)31(28(29)35)18-19-10-4-2-5-11-19/h2-15,22,24-25,30H,16-18H2,1H3/t22-,24+,25+,29+/m1/s1. The molecule has 1 spiro atoms. The fourth-order valence-corrected chi connectivity index (χ4v) is 6.68. The number of nitrogens with one attached hydrogen (secondary N) is 1. The number of nitrogens with zero attached hydrogens (tertiary/aromatic N) is 2. The van der Waals surface area contributed by atoms with Gasteiger partial charge in [-0.1, -0.05) is 66.7 Å². The molecule has 0 aliphatic carbocycles. The molecule has 0 aromatic heterocycles. The van der Waals surface area contributed by atoms with E-state index in [0.717, 1.165) is 22.6 Å². The number of thioether (sulfide) groups is 1. The number of carbonyl (C=O) groups excluding carboxylic acids is 3. The van der Waals surface area contributed by atoms with E-state index in [1.165, 1.54) is 4.90 Å². The molecule has 4 atom stereocenters. The van der Waals surface area contributed by atoms with Gasteiger partial charge in [0.2, 0.25) is 11.8 Å². The van der Waals surface area contributed by atoms with Gasteiger partial charge in [0.15, 0.2) is 0 Å². The zero-order valence-electron chi connectivity index (χ0n) is 20.0. The highest BCUT2D eigenvalue weighted by molar-refractivity contribution is 7.98. The average molecular weight is 498 g/mol. The van der Waals surface area contributed by atoms with Crippen molar-refractivity contribution in [3.63, 3.8) is 0 Å². The van der Waals surface area contributed by atoms with Gasteiger partial charge in [-0.25, -0.2) is 4.90 Å². The molecule has 36 heavy (non-hydrogen) atoms. The number of carbonyl (C=O) groups is 3. The van der Waals surface area contributed by atoms with Crippen molar-refractivity contribution in [1.82, 2.24) is 5.32 Å². The van der Waals surface area contributed by atoms with Crippen LogP contribution in [0.3, 0.4) is 0 Å². The number of amides is 3. The first-order chi connectivity index (χ1) is 17.6. The maximum Gasteiger partial charge on any atom is 0.253 e. The SMILES string of the molecule is CSCC[C@H]1N[C@]2(C(=O)N(Cc3ccccc3)c3ccccc32)[C@@H]2C(=O)N(c3ccccc3)C(=O)[C@H]21. The van der Waals surface area contributed by atoms with Crippen molar-refractivity contribution in [2.24, 2.45) is 11.8 Å². The first kappa shape index (κ1) is 23.0. The van der Waals surface area contributed by atoms with Gasteiger partial charge >= 0.3 is 0 Å². The second-order valence-corrected chi connectivity index (χ2v) is 10.6. The van der Waals surface area contributed by atoms with Gasteiger partial charge < -0.3 is 4.90 Å². The van der Waals surface area contributed by atoms with Crippen LogP contribution in [0.2, 0.25) is 0 Å². The van der Waals surface area contributed by atoms with E-state index in [4.69, 9.17) is 0 Å². The first-order valence-electron chi connectivity index (χ1n) is 12.2. The predicted octanol–water partition coefficient (Wildman–Crippen LogP) is 3.96. The molecule has 2 saturated heterocycles. The zero-order chi connectivity index (χ0) is 24.9. The molecular weight excluding hydrogens is 470 g/mol. The Bertz CT molecular complexity index is 1330. The third-order valence-electron chi connectivity index (χ3n) is 7.70. The number of anilines is 2. The lowest BCUT2D eigenvalue weighted by Crippen LogP contribution is -2.55. The van der Waals surface area contributed by atoms with Gasteiger partial charge in [0.05, 0.1) is 24.1 Å². The average Bonchev–Trinajstić information content (AvgIpc) is 3.48. The van der Waals surface area contributed by atoms with Crippen LogP contribution in [-0.2, 0) is 26.5 Å². The van der Waals surface area contributed by atoms with Crippen LogP contribution in [0.25, 0.3) is 0 Å². The minimum absolute atomic E-state index is 0.162. The van der Waals surface area contributed by atoms with Gasteiger partial charge in [-0.05, 0) is 42.2 Å². The smallest absolute Gasteiger partial charge is 0.253 e. The molecule has 6 nitrogen and oxygen atoms in total. The molecule has 0 unspecified atom stereocenters. The second kappa shape index (κ2) is 8.91. The molecule has 3 aliphatic rings. The van der Waals surface area contributed by atoms with Gasteiger partial charge in [0.25, 0.3) is 5.91 Å². The lowest BCUT2D eigenvalue weighted by molar-refractivity contribution is -0.132. The van der Waals surface area contributed by atoms with Gasteiger partial charge in [0.1, 0.15) is 5.54 Å². The van der Waals surface area contributed by atoms with Crippen molar-refractivity contribution in [3.05, 3.63) is 96.1 Å². The molecule has 6 rings (SSSR count). The Morgan fingerprint density at radius 2 is 1.53 bits per heavy atom. The van der Waals surface area contributed by atoms with Crippen molar-refractivity contribution in [2.75, 3.05) is 21.8 Å². The predicted molar refractivity (Wildman–Crippen MR) is 142 cm³/mol. The molecule has 3 heterocycles. The summed E-state index contributed by atoms with van der Waals surface area (Å²) in [7, 11) is 0. The maximum atomic E-state index is 14.4. The lowest BCUT2D eigenvalue weighted by Gasteiger charge is -2.30. The molecule has 0 bridgehead atoms. The van der Waals surface area contributed by atoms with Crippen LogP contribution in [0.1, 0.15) is 17.5 Å². The minimum Gasteiger partial charge on any atom is -0.306 e. The molecule has 3 amide bonds. The molecule has 182 valence electrons. The molecule has 7 heteroatoms. The Balaban J connectivity index is 1.48. The van der Waals surface area contributed by atoms with E-state index in [9.17, 15) is 14.4 Å². The van der Waals surface area contributed by atoms with Crippen LogP contribution in [0.15, 0.2) is 84.9 Å². The quantitative estimate of drug-likeness (QED) is 0.522. The van der Waals surface area contributed by atoms with Crippen molar-refractivity contribution in [1.29, 1.82) is 0 Å². The van der Waals surface area contributed by atoms with Crippen molar-refractivity contribution < 1.29 is 14.4 Å². The molecule has 3 aromatic carbocycles. The summed E-state index contributed by atoms with van der Waals surface area (Å²) in [6.45, 7) is 0.400. The zero-order valence-corrected chi connectivity index (χ0v) is 20.8. The van der Waals surface area contributed by atoms with Crippen LogP contribution in [-0.4, -0.2) is 35.8 Å². The van der Waals surface area contributed by atoms with Crippen LogP contribution >= 0.6 is 11.8 Å². The van der Waals surface area contributed by atoms with Crippen molar-refractivity contribution in [3.8, 4) is 0 Å². The van der Waals surface area contributed by atoms with Gasteiger partial charge in [-0.2, -0.15) is 11.8 Å². The summed E-state index contributed by atoms with van der Waals surface area (Å²) in [6.07, 6.45) is 2.72. The molecular formula is C29H27N3O3S. The topological polar surface area (TPSA) is 69.7 Å². The highest BCUT2D eigenvalue weighted by Crippen LogP contribution is 2.55. The third-order valence-corrected chi connectivity index (χ3v) is 8.34. The molecule has 2 fully saturated rings. The van der Waals surface area contributed by atoms with E-state index in [1.54, 1.807) is 28.8 Å². The van der Waals surface area contributed by atoms with E-state index < -0.39 is 17.4 Å². The van der Waals surface area contributed by atoms with Gasteiger partial charge in [-0.3, -0.25) is 19.7 Å². The fraction of sp³-hybridized carbons (Fsp3) is 0.276. The number of rotatable bonds is 6. The molecule has 3 aromatic rings. The van der Waals surface area contributed by atoms with Crippen molar-refractivity contribution in [2.45, 2.75) is 24.5 Å². The van der Waals surface area contributed by atoms with Crippen LogP contribution in [0.4, 0.5) is 11.4 Å². The van der Waals surface area contributed by atoms with E-state index in [1.807, 2.05) is 79.1 Å². The number of fused-ring (bicyclic) bond motifs is 4. The van der Waals surface area contributed by atoms with Gasteiger partial charge in [-0.15, -0.1) is 0 Å². The molecule has 0 radical (unpaired) electrons. The first-order valence-corrected chi connectivity index (χ1v) is 13.6. The van der Waals surface area contributed by atoms with E-state index >= 15 is 0 Å². The Labute approximate surface area is 214 Å². The van der Waals surface area contributed by atoms with Crippen molar-refractivity contribution >= 4 is 40.9 Å². The summed E-state index contributed by atoms with van der Waals surface area (Å²) < 4.78 is 0. The summed E-state index contributed by atoms with van der Waals surface area (Å²) in [5.41, 5.74) is 1.87. The summed E-state index contributed by atoms with van der Waals surface area (Å²) in [5, 5.41) is 3.58. The van der Waals surface area contributed by atoms with E-state index in [2.05, 4.69) is 5.32 Å². The number of benzene rings is 3. The lowest BCUT2D eigenvalue weighted by atomic mass is 9.76. The molecule has 3 aliphatic heterocycles. The highest BCUT2D eigenvalue weighted by atomic mass is 32.2. The highest BCUT2D eigenvalue weighted by Gasteiger charge is 2.71. The van der Waals surface area contributed by atoms with E-state index in [0.29, 0.717) is 18.7 Å². The van der Waals surface area contributed by atoms with E-state index in [-0.39, 0.29) is 23.8 Å². The number of imide groups is 1. The summed E-state index contributed by atoms with van der Waals surface area (Å²) in [4.78, 5) is 45.4. The summed E-state index contributed by atoms with van der Waals surface area (Å²) in [6, 6.07) is 26.3. The largest absolute Gasteiger partial charge is 0.306 e. The van der Waals surface area contributed by atoms with Crippen LogP contribution < -0.4 is 15.1 Å². The summed E-state index contributed by atoms with van der Waals surface area (Å²) >= 11 is 1.70. The number of hydrogen-bond acceptors (Lipinski definition) is 5. The second-order valence-electron chi connectivity index (χ2n) is 9.59. The monoisotopic (exact) mass is 497 g/mol. The minimum atomic E-state index is -1.27. The Morgan fingerprint density at radius 3 is 2.25 bits per heavy atom. The molecule has 1 N–H and O–H groups in total. The third kappa shape index (κ3) is 3.26. The van der Waals surface area contributed by atoms with Gasteiger partial charge in [0, 0.05) is 17.3 Å².